The van der Waals surface area contributed by atoms with Crippen LogP contribution in [0.25, 0.3) is 0 Å². The summed E-state index contributed by atoms with van der Waals surface area (Å²) >= 11 is 0. The molecule has 1 aromatic heterocycles. The summed E-state index contributed by atoms with van der Waals surface area (Å²) in [5, 5.41) is 12.0. The highest BCUT2D eigenvalue weighted by atomic mass is 16.4. The van der Waals surface area contributed by atoms with E-state index in [0.29, 0.717) is 5.76 Å². The summed E-state index contributed by atoms with van der Waals surface area (Å²) in [6.45, 7) is 3.95. The number of nitrogens with one attached hydrogen (secondary N) is 1. The summed E-state index contributed by atoms with van der Waals surface area (Å²) < 4.78 is 5.24. The van der Waals surface area contributed by atoms with Crippen LogP contribution < -0.4 is 5.32 Å². The van der Waals surface area contributed by atoms with Crippen molar-refractivity contribution in [3.8, 4) is 0 Å². The first-order valence-electron chi connectivity index (χ1n) is 5.72. The highest BCUT2D eigenvalue weighted by Gasteiger charge is 2.13. The van der Waals surface area contributed by atoms with E-state index < -0.39 is 5.97 Å². The van der Waals surface area contributed by atoms with E-state index in [1.54, 1.807) is 6.07 Å². The molecule has 4 nitrogen and oxygen atoms in total. The number of carboxylic acids is 1. The summed E-state index contributed by atoms with van der Waals surface area (Å²) in [5.74, 6) is -0.487. The molecule has 1 aromatic carbocycles. The molecule has 4 heteroatoms. The largest absolute Gasteiger partial charge is 0.475 e. The van der Waals surface area contributed by atoms with E-state index >= 15 is 0 Å². The predicted molar refractivity (Wildman–Crippen MR) is 68.9 cm³/mol. The highest BCUT2D eigenvalue weighted by molar-refractivity contribution is 5.84. The van der Waals surface area contributed by atoms with Crippen LogP contribution in [0.5, 0.6) is 0 Å². The number of aromatic carboxylic acids is 1. The summed E-state index contributed by atoms with van der Waals surface area (Å²) in [4.78, 5) is 10.7. The normalized spacial score (nSPS) is 12.1. The molecule has 0 aliphatic carbocycles. The van der Waals surface area contributed by atoms with Crippen molar-refractivity contribution in [2.75, 3.05) is 5.32 Å². The Morgan fingerprint density at radius 3 is 2.44 bits per heavy atom. The molecule has 94 valence electrons. The number of carbonyl (C=O) groups is 1. The molecule has 1 unspecified atom stereocenters. The summed E-state index contributed by atoms with van der Waals surface area (Å²) in [7, 11) is 0. The Morgan fingerprint density at radius 2 is 1.89 bits per heavy atom. The van der Waals surface area contributed by atoms with Gasteiger partial charge in [-0.05, 0) is 38.1 Å². The minimum atomic E-state index is -1.05. The molecule has 18 heavy (non-hydrogen) atoms. The Balaban J connectivity index is 2.09. The van der Waals surface area contributed by atoms with Gasteiger partial charge in [0.2, 0.25) is 5.76 Å². The van der Waals surface area contributed by atoms with Crippen LogP contribution in [0.3, 0.4) is 0 Å². The number of rotatable bonds is 4. The number of benzene rings is 1. The average molecular weight is 245 g/mol. The molecule has 2 rings (SSSR count). The first-order valence-corrected chi connectivity index (χ1v) is 5.72. The molecule has 0 fully saturated rings. The van der Waals surface area contributed by atoms with Gasteiger partial charge >= 0.3 is 5.97 Å². The lowest BCUT2D eigenvalue weighted by Crippen LogP contribution is -2.05. The van der Waals surface area contributed by atoms with E-state index in [9.17, 15) is 4.79 Å². The summed E-state index contributed by atoms with van der Waals surface area (Å²) in [6.07, 6.45) is 0. The first kappa shape index (κ1) is 12.2. The first-order chi connectivity index (χ1) is 8.56. The fourth-order valence-corrected chi connectivity index (χ4v) is 1.67. The molecule has 1 heterocycles. The molecule has 2 aromatic rings. The van der Waals surface area contributed by atoms with Crippen LogP contribution in [0.15, 0.2) is 40.8 Å². The monoisotopic (exact) mass is 245 g/mol. The average Bonchev–Trinajstić information content (AvgIpc) is 2.81. The van der Waals surface area contributed by atoms with Crippen molar-refractivity contribution in [3.05, 3.63) is 53.5 Å². The predicted octanol–water partition coefficient (Wildman–Crippen LogP) is 3.46. The van der Waals surface area contributed by atoms with Gasteiger partial charge in [-0.1, -0.05) is 17.7 Å². The van der Waals surface area contributed by atoms with Gasteiger partial charge in [-0.3, -0.25) is 0 Å². The van der Waals surface area contributed by atoms with Gasteiger partial charge in [0, 0.05) is 5.69 Å². The summed E-state index contributed by atoms with van der Waals surface area (Å²) in [6, 6.07) is 11.0. The van der Waals surface area contributed by atoms with Crippen molar-refractivity contribution in [3.63, 3.8) is 0 Å². The zero-order chi connectivity index (χ0) is 13.1. The van der Waals surface area contributed by atoms with Crippen molar-refractivity contribution in [1.82, 2.24) is 0 Å². The lowest BCUT2D eigenvalue weighted by molar-refractivity contribution is 0.0660. The van der Waals surface area contributed by atoms with E-state index in [2.05, 4.69) is 5.32 Å². The van der Waals surface area contributed by atoms with Crippen LogP contribution in [0.1, 0.15) is 34.8 Å². The minimum absolute atomic E-state index is 0.0393. The molecule has 0 spiro atoms. The smallest absolute Gasteiger partial charge is 0.371 e. The molecule has 0 saturated heterocycles. The van der Waals surface area contributed by atoms with Gasteiger partial charge < -0.3 is 14.8 Å². The molecule has 0 aliphatic heterocycles. The molecular weight excluding hydrogens is 230 g/mol. The number of anilines is 1. The van der Waals surface area contributed by atoms with Crippen LogP contribution in [-0.4, -0.2) is 11.1 Å². The standard InChI is InChI=1S/C14H15NO3/c1-9-3-5-11(6-4-9)15-10(2)12-7-8-13(18-12)14(16)17/h3-8,10,15H,1-2H3,(H,16,17). The number of hydrogen-bond acceptors (Lipinski definition) is 3. The lowest BCUT2D eigenvalue weighted by atomic mass is 10.2. The van der Waals surface area contributed by atoms with E-state index in [4.69, 9.17) is 9.52 Å². The highest BCUT2D eigenvalue weighted by Crippen LogP contribution is 2.21. The molecule has 2 N–H and O–H groups in total. The molecule has 0 radical (unpaired) electrons. The van der Waals surface area contributed by atoms with Gasteiger partial charge in [0.05, 0.1) is 6.04 Å². The maximum absolute atomic E-state index is 10.7. The van der Waals surface area contributed by atoms with Gasteiger partial charge in [-0.25, -0.2) is 4.79 Å². The van der Waals surface area contributed by atoms with Gasteiger partial charge in [0.25, 0.3) is 0 Å². The SMILES string of the molecule is Cc1ccc(NC(C)c2ccc(C(=O)O)o2)cc1. The second-order valence-electron chi connectivity index (χ2n) is 4.24. The lowest BCUT2D eigenvalue weighted by Gasteiger charge is -2.12. The minimum Gasteiger partial charge on any atom is -0.475 e. The quantitative estimate of drug-likeness (QED) is 0.865. The Bertz CT molecular complexity index is 542. The van der Waals surface area contributed by atoms with E-state index in [-0.39, 0.29) is 11.8 Å². The van der Waals surface area contributed by atoms with Crippen LogP contribution in [0.4, 0.5) is 5.69 Å². The maximum Gasteiger partial charge on any atom is 0.371 e. The Hall–Kier alpha value is -2.23. The molecule has 0 saturated carbocycles. The zero-order valence-electron chi connectivity index (χ0n) is 10.3. The van der Waals surface area contributed by atoms with Gasteiger partial charge in [0.15, 0.2) is 0 Å². The Labute approximate surface area is 105 Å². The van der Waals surface area contributed by atoms with E-state index in [1.807, 2.05) is 38.1 Å². The third kappa shape index (κ3) is 2.71. The van der Waals surface area contributed by atoms with Crippen molar-refractivity contribution < 1.29 is 14.3 Å². The van der Waals surface area contributed by atoms with Crippen LogP contribution >= 0.6 is 0 Å². The zero-order valence-corrected chi connectivity index (χ0v) is 10.3. The third-order valence-corrected chi connectivity index (χ3v) is 2.70. The maximum atomic E-state index is 10.7. The second-order valence-corrected chi connectivity index (χ2v) is 4.24. The van der Waals surface area contributed by atoms with Gasteiger partial charge in [-0.15, -0.1) is 0 Å². The summed E-state index contributed by atoms with van der Waals surface area (Å²) in [5.41, 5.74) is 2.17. The van der Waals surface area contributed by atoms with Crippen LogP contribution in [0.2, 0.25) is 0 Å². The molecule has 1 atom stereocenters. The van der Waals surface area contributed by atoms with E-state index in [1.165, 1.54) is 11.6 Å². The molecule has 0 bridgehead atoms. The fraction of sp³-hybridized carbons (Fsp3) is 0.214. The number of aryl methyl sites for hydroxylation is 1. The van der Waals surface area contributed by atoms with Crippen LogP contribution in [-0.2, 0) is 0 Å². The topological polar surface area (TPSA) is 62.5 Å². The third-order valence-electron chi connectivity index (χ3n) is 2.70. The molecular formula is C14H15NO3. The fourth-order valence-electron chi connectivity index (χ4n) is 1.67. The van der Waals surface area contributed by atoms with Crippen molar-refractivity contribution in [2.24, 2.45) is 0 Å². The second kappa shape index (κ2) is 4.96. The van der Waals surface area contributed by atoms with E-state index in [0.717, 1.165) is 5.69 Å². The number of furan rings is 1. The number of hydrogen-bond donors (Lipinski definition) is 2. The Kier molecular flexibility index (Phi) is 3.37. The van der Waals surface area contributed by atoms with Crippen molar-refractivity contribution >= 4 is 11.7 Å². The van der Waals surface area contributed by atoms with Crippen molar-refractivity contribution in [1.29, 1.82) is 0 Å². The Morgan fingerprint density at radius 1 is 1.22 bits per heavy atom. The van der Waals surface area contributed by atoms with Crippen LogP contribution in [0, 0.1) is 6.92 Å². The van der Waals surface area contributed by atoms with Crippen molar-refractivity contribution in [2.45, 2.75) is 19.9 Å². The number of carboxylic acid groups (broad SMARTS) is 1. The molecule has 0 amide bonds. The van der Waals surface area contributed by atoms with Gasteiger partial charge in [0.1, 0.15) is 5.76 Å². The molecule has 0 aliphatic rings. The van der Waals surface area contributed by atoms with Gasteiger partial charge in [-0.2, -0.15) is 0 Å².